The van der Waals surface area contributed by atoms with Crippen LogP contribution in [-0.2, 0) is 6.42 Å². The Balaban J connectivity index is 2.47. The molecule has 2 rings (SSSR count). The molecule has 1 heterocycles. The van der Waals surface area contributed by atoms with Crippen molar-refractivity contribution in [3.63, 3.8) is 0 Å². The van der Waals surface area contributed by atoms with Crippen LogP contribution in [0, 0.1) is 0 Å². The summed E-state index contributed by atoms with van der Waals surface area (Å²) in [6, 6.07) is 6.53. The molecule has 0 saturated carbocycles. The molecule has 2 nitrogen and oxygen atoms in total. The Morgan fingerprint density at radius 1 is 1.00 bits per heavy atom. The van der Waals surface area contributed by atoms with Crippen molar-refractivity contribution in [3.8, 4) is 11.1 Å². The van der Waals surface area contributed by atoms with Crippen molar-refractivity contribution in [2.75, 3.05) is 0 Å². The summed E-state index contributed by atoms with van der Waals surface area (Å²) in [5.74, 6) is -0.474. The fourth-order valence-electron chi connectivity index (χ4n) is 1.59. The van der Waals surface area contributed by atoms with Crippen molar-refractivity contribution < 1.29 is 13.2 Å². The van der Waals surface area contributed by atoms with E-state index in [-0.39, 0.29) is 15.9 Å². The zero-order chi connectivity index (χ0) is 14.9. The number of rotatable bonds is 2. The van der Waals surface area contributed by atoms with Gasteiger partial charge in [0.15, 0.2) is 0 Å². The van der Waals surface area contributed by atoms with E-state index in [4.69, 9.17) is 34.8 Å². The second-order valence-electron chi connectivity index (χ2n) is 3.90. The zero-order valence-corrected chi connectivity index (χ0v) is 11.9. The molecule has 0 bridgehead atoms. The van der Waals surface area contributed by atoms with Crippen LogP contribution in [0.4, 0.5) is 13.2 Å². The molecule has 0 atom stereocenters. The van der Waals surface area contributed by atoms with Gasteiger partial charge in [0, 0.05) is 5.02 Å². The average molecular weight is 342 g/mol. The van der Waals surface area contributed by atoms with Crippen LogP contribution in [-0.4, -0.2) is 16.1 Å². The number of hydrogen-bond donors (Lipinski definition) is 0. The number of halogens is 6. The molecule has 8 heteroatoms. The second-order valence-corrected chi connectivity index (χ2v) is 5.05. The number of aromatic nitrogens is 2. The summed E-state index contributed by atoms with van der Waals surface area (Å²) < 4.78 is 36.9. The summed E-state index contributed by atoms with van der Waals surface area (Å²) in [6.07, 6.45) is -5.72. The highest BCUT2D eigenvalue weighted by Gasteiger charge is 2.30. The fraction of sp³-hybridized carbons (Fsp3) is 0.167. The molecule has 0 saturated heterocycles. The van der Waals surface area contributed by atoms with Crippen molar-refractivity contribution in [2.45, 2.75) is 12.6 Å². The molecule has 2 aromatic rings. The Labute approximate surface area is 127 Å². The van der Waals surface area contributed by atoms with Crippen molar-refractivity contribution in [1.82, 2.24) is 9.97 Å². The predicted octanol–water partition coefficient (Wildman–Crippen LogP) is 5.21. The van der Waals surface area contributed by atoms with Crippen LogP contribution in [0.3, 0.4) is 0 Å². The first-order chi connectivity index (χ1) is 9.26. The molecule has 20 heavy (non-hydrogen) atoms. The van der Waals surface area contributed by atoms with Gasteiger partial charge in [-0.3, -0.25) is 0 Å². The minimum Gasteiger partial charge on any atom is -0.220 e. The Hall–Kier alpha value is -1.04. The number of benzene rings is 1. The lowest BCUT2D eigenvalue weighted by molar-refractivity contribution is -0.128. The van der Waals surface area contributed by atoms with Crippen molar-refractivity contribution in [2.24, 2.45) is 0 Å². The highest BCUT2D eigenvalue weighted by atomic mass is 35.5. The molecule has 1 aromatic carbocycles. The Morgan fingerprint density at radius 2 is 1.60 bits per heavy atom. The van der Waals surface area contributed by atoms with Crippen LogP contribution in [0.25, 0.3) is 11.1 Å². The Bertz CT molecular complexity index is 621. The van der Waals surface area contributed by atoms with Crippen LogP contribution < -0.4 is 0 Å². The van der Waals surface area contributed by atoms with Gasteiger partial charge in [-0.15, -0.1) is 0 Å². The van der Waals surface area contributed by atoms with E-state index in [1.807, 2.05) is 0 Å². The lowest BCUT2D eigenvalue weighted by Crippen LogP contribution is -2.14. The summed E-state index contributed by atoms with van der Waals surface area (Å²) in [5.41, 5.74) is 0.785. The first-order valence-corrected chi connectivity index (χ1v) is 6.44. The highest BCUT2D eigenvalue weighted by molar-refractivity contribution is 6.38. The highest BCUT2D eigenvalue weighted by Crippen LogP contribution is 2.34. The van der Waals surface area contributed by atoms with Gasteiger partial charge in [-0.25, -0.2) is 9.97 Å². The minimum absolute atomic E-state index is 0.147. The van der Waals surface area contributed by atoms with Gasteiger partial charge in [0.25, 0.3) is 0 Å². The van der Waals surface area contributed by atoms with E-state index < -0.39 is 18.4 Å². The third-order valence-corrected chi connectivity index (χ3v) is 3.12. The number of alkyl halides is 3. The lowest BCUT2D eigenvalue weighted by atomic mass is 10.1. The Morgan fingerprint density at radius 3 is 2.10 bits per heavy atom. The molecule has 0 aliphatic heterocycles. The molecule has 0 radical (unpaired) electrons. The van der Waals surface area contributed by atoms with Crippen LogP contribution >= 0.6 is 34.8 Å². The maximum absolute atomic E-state index is 12.3. The molecule has 1 aromatic heterocycles. The van der Waals surface area contributed by atoms with Crippen molar-refractivity contribution >= 4 is 34.8 Å². The molecule has 0 unspecified atom stereocenters. The summed E-state index contributed by atoms with van der Waals surface area (Å²) in [6.45, 7) is 0. The lowest BCUT2D eigenvalue weighted by Gasteiger charge is -2.10. The third kappa shape index (κ3) is 3.75. The zero-order valence-electron chi connectivity index (χ0n) is 9.68. The molecule has 0 N–H and O–H groups in total. The third-order valence-electron chi connectivity index (χ3n) is 2.34. The summed E-state index contributed by atoms with van der Waals surface area (Å²) in [4.78, 5) is 7.26. The van der Waals surface area contributed by atoms with Crippen LogP contribution in [0.5, 0.6) is 0 Å². The molecular weight excluding hydrogens is 335 g/mol. The van der Waals surface area contributed by atoms with Gasteiger partial charge >= 0.3 is 6.18 Å². The molecule has 0 spiro atoms. The molecule has 0 aliphatic rings. The fourth-order valence-corrected chi connectivity index (χ4v) is 2.42. The van der Waals surface area contributed by atoms with Gasteiger partial charge in [-0.2, -0.15) is 13.2 Å². The van der Waals surface area contributed by atoms with Crippen molar-refractivity contribution in [3.05, 3.63) is 45.4 Å². The first-order valence-electron chi connectivity index (χ1n) is 5.31. The van der Waals surface area contributed by atoms with E-state index >= 15 is 0 Å². The van der Waals surface area contributed by atoms with Crippen LogP contribution in [0.1, 0.15) is 5.82 Å². The maximum atomic E-state index is 12.3. The second kappa shape index (κ2) is 5.76. The summed E-state index contributed by atoms with van der Waals surface area (Å²) >= 11 is 17.7. The predicted molar refractivity (Wildman–Crippen MR) is 72.3 cm³/mol. The smallest absolute Gasteiger partial charge is 0.220 e. The Kier molecular flexibility index (Phi) is 4.42. The van der Waals surface area contributed by atoms with E-state index in [2.05, 4.69) is 9.97 Å². The van der Waals surface area contributed by atoms with Gasteiger partial charge in [0.1, 0.15) is 22.6 Å². The molecule has 0 fully saturated rings. The van der Waals surface area contributed by atoms with E-state index in [1.165, 1.54) is 0 Å². The molecular formula is C12H6Cl3F3N2. The summed E-state index contributed by atoms with van der Waals surface area (Å²) in [5, 5.41) is 0.145. The average Bonchev–Trinajstić information content (AvgIpc) is 2.25. The van der Waals surface area contributed by atoms with E-state index in [9.17, 15) is 13.2 Å². The van der Waals surface area contributed by atoms with Gasteiger partial charge in [0.05, 0.1) is 5.56 Å². The number of nitrogens with zero attached hydrogens (tertiary/aromatic N) is 2. The van der Waals surface area contributed by atoms with E-state index in [0.717, 1.165) is 0 Å². The maximum Gasteiger partial charge on any atom is 0.396 e. The van der Waals surface area contributed by atoms with Crippen molar-refractivity contribution in [1.29, 1.82) is 0 Å². The largest absolute Gasteiger partial charge is 0.396 e. The van der Waals surface area contributed by atoms with Gasteiger partial charge in [0.2, 0.25) is 0 Å². The first kappa shape index (κ1) is 15.4. The van der Waals surface area contributed by atoms with E-state index in [0.29, 0.717) is 10.6 Å². The minimum atomic E-state index is -4.43. The van der Waals surface area contributed by atoms with Gasteiger partial charge in [-0.05, 0) is 17.7 Å². The standard InChI is InChI=1S/C12H6Cl3F3N2/c13-7-3-1-2-6(4-7)9-10(14)19-8(20-11(9)15)5-12(16,17)18/h1-4H,5H2. The van der Waals surface area contributed by atoms with Crippen LogP contribution in [0.2, 0.25) is 15.3 Å². The number of hydrogen-bond acceptors (Lipinski definition) is 2. The summed E-state index contributed by atoms with van der Waals surface area (Å²) in [7, 11) is 0. The molecule has 106 valence electrons. The quantitative estimate of drug-likeness (QED) is 0.701. The van der Waals surface area contributed by atoms with Crippen LogP contribution in [0.15, 0.2) is 24.3 Å². The van der Waals surface area contributed by atoms with Gasteiger partial charge in [-0.1, -0.05) is 46.9 Å². The SMILES string of the molecule is FC(F)(F)Cc1nc(Cl)c(-c2cccc(Cl)c2)c(Cl)n1. The normalized spacial score (nSPS) is 11.7. The monoisotopic (exact) mass is 340 g/mol. The molecule has 0 aliphatic carbocycles. The molecule has 0 amide bonds. The van der Waals surface area contributed by atoms with Gasteiger partial charge < -0.3 is 0 Å². The topological polar surface area (TPSA) is 25.8 Å². The van der Waals surface area contributed by atoms with E-state index in [1.54, 1.807) is 24.3 Å².